The van der Waals surface area contributed by atoms with Crippen LogP contribution in [0.5, 0.6) is 0 Å². The summed E-state index contributed by atoms with van der Waals surface area (Å²) < 4.78 is 13.8. The van der Waals surface area contributed by atoms with Crippen LogP contribution in [0.3, 0.4) is 0 Å². The van der Waals surface area contributed by atoms with Crippen LogP contribution in [0.25, 0.3) is 0 Å². The Balaban J connectivity index is 2.41. The van der Waals surface area contributed by atoms with Crippen molar-refractivity contribution in [2.75, 3.05) is 18.9 Å². The van der Waals surface area contributed by atoms with Gasteiger partial charge in [-0.15, -0.1) is 6.58 Å². The number of aromatic nitrogens is 1. The molecular weight excluding hydrogens is 229 g/mol. The van der Waals surface area contributed by atoms with Crippen LogP contribution >= 0.6 is 0 Å². The molecule has 1 atom stereocenters. The molecule has 0 saturated heterocycles. The first-order valence-electron chi connectivity index (χ1n) is 6.31. The first kappa shape index (κ1) is 14.6. The van der Waals surface area contributed by atoms with E-state index in [1.807, 2.05) is 6.08 Å². The lowest BCUT2D eigenvalue weighted by atomic mass is 10.1. The summed E-state index contributed by atoms with van der Waals surface area (Å²) in [4.78, 5) is 4.05. The lowest BCUT2D eigenvalue weighted by Gasteiger charge is -2.12. The summed E-state index contributed by atoms with van der Waals surface area (Å²) in [6.45, 7) is 7.19. The van der Waals surface area contributed by atoms with E-state index >= 15 is 0 Å². The van der Waals surface area contributed by atoms with Gasteiger partial charge in [0.05, 0.1) is 11.4 Å². The molecule has 1 aromatic rings. The van der Waals surface area contributed by atoms with E-state index in [0.717, 1.165) is 19.4 Å². The third-order valence-corrected chi connectivity index (χ3v) is 2.88. The Morgan fingerprint density at radius 3 is 3.00 bits per heavy atom. The predicted molar refractivity (Wildman–Crippen MR) is 74.0 cm³/mol. The number of hydrogen-bond acceptors (Lipinski definition) is 3. The summed E-state index contributed by atoms with van der Waals surface area (Å²) >= 11 is 0. The van der Waals surface area contributed by atoms with Crippen LogP contribution in [0.15, 0.2) is 24.9 Å². The lowest BCUT2D eigenvalue weighted by molar-refractivity contribution is 0.475. The van der Waals surface area contributed by atoms with Crippen molar-refractivity contribution in [1.82, 2.24) is 10.3 Å². The van der Waals surface area contributed by atoms with Crippen molar-refractivity contribution in [3.8, 4) is 0 Å². The van der Waals surface area contributed by atoms with Gasteiger partial charge >= 0.3 is 0 Å². The smallest absolute Gasteiger partial charge is 0.169 e. The summed E-state index contributed by atoms with van der Waals surface area (Å²) in [5, 5.41) is 6.05. The monoisotopic (exact) mass is 251 g/mol. The van der Waals surface area contributed by atoms with Crippen LogP contribution in [0.2, 0.25) is 0 Å². The summed E-state index contributed by atoms with van der Waals surface area (Å²) in [5.74, 6) is 0.282. The van der Waals surface area contributed by atoms with Crippen LogP contribution in [0.4, 0.5) is 10.1 Å². The van der Waals surface area contributed by atoms with Crippen LogP contribution in [0.1, 0.15) is 25.5 Å². The summed E-state index contributed by atoms with van der Waals surface area (Å²) in [6, 6.07) is 1.63. The van der Waals surface area contributed by atoms with Crippen molar-refractivity contribution in [3.05, 3.63) is 36.4 Å². The Morgan fingerprint density at radius 2 is 2.33 bits per heavy atom. The number of hydrogen-bond donors (Lipinski definition) is 2. The molecule has 0 aliphatic rings. The molecule has 0 saturated carbocycles. The molecule has 1 heterocycles. The van der Waals surface area contributed by atoms with Gasteiger partial charge in [0.2, 0.25) is 0 Å². The second kappa shape index (κ2) is 7.82. The molecule has 0 fully saturated rings. The molecule has 18 heavy (non-hydrogen) atoms. The van der Waals surface area contributed by atoms with Gasteiger partial charge in [-0.1, -0.05) is 13.0 Å². The molecule has 4 heteroatoms. The van der Waals surface area contributed by atoms with E-state index in [2.05, 4.69) is 29.1 Å². The summed E-state index contributed by atoms with van der Waals surface area (Å²) in [7, 11) is 1.70. The standard InChI is InChI=1S/C14H22FN3/c1-4-5-6-11(2)9-17-10-13-14(15)12(16-3)7-8-18-13/h4,7-8,11,17H,1,5-6,9-10H2,2-3H3,(H,16,18). The van der Waals surface area contributed by atoms with Crippen molar-refractivity contribution in [1.29, 1.82) is 0 Å². The Morgan fingerprint density at radius 1 is 1.56 bits per heavy atom. The summed E-state index contributed by atoms with van der Waals surface area (Å²) in [5.41, 5.74) is 0.944. The van der Waals surface area contributed by atoms with Crippen molar-refractivity contribution in [2.24, 2.45) is 5.92 Å². The minimum atomic E-state index is -0.272. The highest BCUT2D eigenvalue weighted by Crippen LogP contribution is 2.14. The number of halogens is 1. The molecule has 0 spiro atoms. The van der Waals surface area contributed by atoms with Crippen molar-refractivity contribution < 1.29 is 4.39 Å². The average Bonchev–Trinajstić information content (AvgIpc) is 2.38. The van der Waals surface area contributed by atoms with Crippen LogP contribution in [0, 0.1) is 11.7 Å². The van der Waals surface area contributed by atoms with Gasteiger partial charge in [-0.3, -0.25) is 4.98 Å². The quantitative estimate of drug-likeness (QED) is 0.697. The molecule has 100 valence electrons. The van der Waals surface area contributed by atoms with E-state index in [1.54, 1.807) is 19.3 Å². The first-order valence-corrected chi connectivity index (χ1v) is 6.31. The van der Waals surface area contributed by atoms with Gasteiger partial charge in [0.1, 0.15) is 0 Å². The number of rotatable bonds is 8. The molecule has 0 aliphatic heterocycles. The SMILES string of the molecule is C=CCCC(C)CNCc1nccc(NC)c1F. The van der Waals surface area contributed by atoms with Gasteiger partial charge in [0, 0.05) is 19.8 Å². The third-order valence-electron chi connectivity index (χ3n) is 2.88. The lowest BCUT2D eigenvalue weighted by Crippen LogP contribution is -2.22. The zero-order chi connectivity index (χ0) is 13.4. The van der Waals surface area contributed by atoms with Crippen molar-refractivity contribution >= 4 is 5.69 Å². The fraction of sp³-hybridized carbons (Fsp3) is 0.500. The second-order valence-electron chi connectivity index (χ2n) is 4.47. The van der Waals surface area contributed by atoms with Gasteiger partial charge in [-0.25, -0.2) is 4.39 Å². The fourth-order valence-electron chi connectivity index (χ4n) is 1.74. The average molecular weight is 251 g/mol. The molecule has 3 nitrogen and oxygen atoms in total. The Bertz CT molecular complexity index is 379. The van der Waals surface area contributed by atoms with E-state index in [-0.39, 0.29) is 5.82 Å². The highest BCUT2D eigenvalue weighted by Gasteiger charge is 2.08. The molecule has 0 bridgehead atoms. The third kappa shape index (κ3) is 4.45. The molecule has 0 amide bonds. The number of nitrogens with zero attached hydrogens (tertiary/aromatic N) is 1. The molecule has 1 rings (SSSR count). The van der Waals surface area contributed by atoms with Crippen LogP contribution in [-0.4, -0.2) is 18.6 Å². The van der Waals surface area contributed by atoms with E-state index in [4.69, 9.17) is 0 Å². The molecule has 0 aromatic carbocycles. The minimum Gasteiger partial charge on any atom is -0.386 e. The van der Waals surface area contributed by atoms with Crippen LogP contribution in [-0.2, 0) is 6.54 Å². The highest BCUT2D eigenvalue weighted by molar-refractivity contribution is 5.44. The van der Waals surface area contributed by atoms with Gasteiger partial charge in [0.25, 0.3) is 0 Å². The normalized spacial score (nSPS) is 12.2. The largest absolute Gasteiger partial charge is 0.386 e. The highest BCUT2D eigenvalue weighted by atomic mass is 19.1. The maximum absolute atomic E-state index is 13.8. The summed E-state index contributed by atoms with van der Waals surface area (Å²) in [6.07, 6.45) is 5.66. The van der Waals surface area contributed by atoms with Gasteiger partial charge < -0.3 is 10.6 Å². The van der Waals surface area contributed by atoms with E-state index in [9.17, 15) is 4.39 Å². The molecular formula is C14H22FN3. The maximum Gasteiger partial charge on any atom is 0.169 e. The van der Waals surface area contributed by atoms with Gasteiger partial charge in [-0.05, 0) is 31.4 Å². The van der Waals surface area contributed by atoms with E-state index in [0.29, 0.717) is 23.8 Å². The zero-order valence-electron chi connectivity index (χ0n) is 11.2. The Kier molecular flexibility index (Phi) is 6.36. The van der Waals surface area contributed by atoms with E-state index < -0.39 is 0 Å². The maximum atomic E-state index is 13.8. The second-order valence-corrected chi connectivity index (χ2v) is 4.47. The molecule has 2 N–H and O–H groups in total. The molecule has 1 unspecified atom stereocenters. The Labute approximate surface area is 109 Å². The molecule has 1 aromatic heterocycles. The fourth-order valence-corrected chi connectivity index (χ4v) is 1.74. The van der Waals surface area contributed by atoms with Crippen molar-refractivity contribution in [3.63, 3.8) is 0 Å². The van der Waals surface area contributed by atoms with E-state index in [1.165, 1.54) is 0 Å². The zero-order valence-corrected chi connectivity index (χ0v) is 11.2. The molecule has 0 aliphatic carbocycles. The van der Waals surface area contributed by atoms with Crippen LogP contribution < -0.4 is 10.6 Å². The number of allylic oxidation sites excluding steroid dienone is 1. The van der Waals surface area contributed by atoms with Crippen molar-refractivity contribution in [2.45, 2.75) is 26.3 Å². The predicted octanol–water partition coefficient (Wildman–Crippen LogP) is 2.95. The topological polar surface area (TPSA) is 37.0 Å². The number of pyridine rings is 1. The minimum absolute atomic E-state index is 0.272. The number of anilines is 1. The van der Waals surface area contributed by atoms with Gasteiger partial charge in [0.15, 0.2) is 5.82 Å². The first-order chi connectivity index (χ1) is 8.69. The molecule has 0 radical (unpaired) electrons. The Hall–Kier alpha value is -1.42. The number of nitrogens with one attached hydrogen (secondary N) is 2. The van der Waals surface area contributed by atoms with Gasteiger partial charge in [-0.2, -0.15) is 0 Å².